The van der Waals surface area contributed by atoms with Gasteiger partial charge in [0.2, 0.25) is 0 Å². The summed E-state index contributed by atoms with van der Waals surface area (Å²) < 4.78 is 0. The number of nitrogens with two attached hydrogens (primary N) is 1. The quantitative estimate of drug-likeness (QED) is 0.588. The van der Waals surface area contributed by atoms with E-state index in [1.165, 1.54) is 32.1 Å². The molecule has 0 bridgehead atoms. The van der Waals surface area contributed by atoms with Crippen LogP contribution >= 0.6 is 0 Å². The lowest BCUT2D eigenvalue weighted by atomic mass is 9.81. The summed E-state index contributed by atoms with van der Waals surface area (Å²) in [4.78, 5) is 4.47. The van der Waals surface area contributed by atoms with Crippen molar-refractivity contribution >= 4 is 5.96 Å². The van der Waals surface area contributed by atoms with E-state index in [0.717, 1.165) is 18.4 Å². The van der Waals surface area contributed by atoms with E-state index in [0.29, 0.717) is 5.96 Å². The van der Waals surface area contributed by atoms with Crippen LogP contribution in [0.5, 0.6) is 0 Å². The van der Waals surface area contributed by atoms with E-state index in [-0.39, 0.29) is 5.54 Å². The maximum atomic E-state index is 5.87. The van der Waals surface area contributed by atoms with Gasteiger partial charge in [-0.15, -0.1) is 0 Å². The summed E-state index contributed by atoms with van der Waals surface area (Å²) in [5.41, 5.74) is 5.88. The average molecular weight is 239 g/mol. The van der Waals surface area contributed by atoms with Gasteiger partial charge in [0.1, 0.15) is 0 Å². The Kier molecular flexibility index (Phi) is 5.29. The van der Waals surface area contributed by atoms with Gasteiger partial charge in [-0.05, 0) is 45.4 Å². The second kappa shape index (κ2) is 6.27. The minimum atomic E-state index is 0.00740. The second-order valence-corrected chi connectivity index (χ2v) is 6.40. The minimum absolute atomic E-state index is 0.00740. The zero-order valence-electron chi connectivity index (χ0n) is 11.9. The Hall–Kier alpha value is -0.730. The molecule has 0 atom stereocenters. The van der Waals surface area contributed by atoms with Gasteiger partial charge in [-0.2, -0.15) is 0 Å². The SMILES string of the molecule is CCC1CCC(CN=C(N)NC(C)(C)C)CC1. The van der Waals surface area contributed by atoms with Gasteiger partial charge < -0.3 is 11.1 Å². The molecule has 3 N–H and O–H groups in total. The van der Waals surface area contributed by atoms with Crippen molar-refractivity contribution in [3.63, 3.8) is 0 Å². The third-order valence-electron chi connectivity index (χ3n) is 3.57. The highest BCUT2D eigenvalue weighted by molar-refractivity contribution is 5.78. The van der Waals surface area contributed by atoms with Crippen molar-refractivity contribution in [1.82, 2.24) is 5.32 Å². The summed E-state index contributed by atoms with van der Waals surface area (Å²) in [7, 11) is 0. The molecule has 0 aromatic carbocycles. The topological polar surface area (TPSA) is 50.4 Å². The second-order valence-electron chi connectivity index (χ2n) is 6.40. The number of nitrogens with one attached hydrogen (secondary N) is 1. The van der Waals surface area contributed by atoms with Gasteiger partial charge in [-0.25, -0.2) is 0 Å². The summed E-state index contributed by atoms with van der Waals surface area (Å²) >= 11 is 0. The Labute approximate surface area is 106 Å². The van der Waals surface area contributed by atoms with E-state index in [4.69, 9.17) is 5.73 Å². The number of rotatable bonds is 3. The molecule has 3 nitrogen and oxygen atoms in total. The summed E-state index contributed by atoms with van der Waals surface area (Å²) in [6, 6.07) is 0. The Morgan fingerprint density at radius 1 is 1.18 bits per heavy atom. The molecule has 0 radical (unpaired) electrons. The molecule has 0 aromatic rings. The molecule has 1 aliphatic rings. The zero-order chi connectivity index (χ0) is 12.9. The first-order chi connectivity index (χ1) is 7.90. The molecule has 0 aliphatic heterocycles. The van der Waals surface area contributed by atoms with Crippen LogP contribution in [0.3, 0.4) is 0 Å². The van der Waals surface area contributed by atoms with Crippen molar-refractivity contribution in [1.29, 1.82) is 0 Å². The number of guanidine groups is 1. The molecule has 0 aromatic heterocycles. The zero-order valence-corrected chi connectivity index (χ0v) is 11.9. The number of hydrogen-bond acceptors (Lipinski definition) is 1. The van der Waals surface area contributed by atoms with E-state index >= 15 is 0 Å². The molecule has 0 unspecified atom stereocenters. The van der Waals surface area contributed by atoms with Crippen LogP contribution in [0.2, 0.25) is 0 Å². The molecule has 0 saturated heterocycles. The van der Waals surface area contributed by atoms with Crippen LogP contribution in [0.1, 0.15) is 59.8 Å². The molecule has 100 valence electrons. The Morgan fingerprint density at radius 3 is 2.18 bits per heavy atom. The van der Waals surface area contributed by atoms with Gasteiger partial charge >= 0.3 is 0 Å². The van der Waals surface area contributed by atoms with Crippen molar-refractivity contribution < 1.29 is 0 Å². The minimum Gasteiger partial charge on any atom is -0.370 e. The lowest BCUT2D eigenvalue weighted by Crippen LogP contribution is -2.45. The Balaban J connectivity index is 2.29. The summed E-state index contributed by atoms with van der Waals surface area (Å²) in [6.45, 7) is 9.49. The van der Waals surface area contributed by atoms with E-state index < -0.39 is 0 Å². The first kappa shape index (κ1) is 14.3. The first-order valence-electron chi connectivity index (χ1n) is 6.99. The average Bonchev–Trinajstić information content (AvgIpc) is 2.25. The largest absolute Gasteiger partial charge is 0.370 e. The van der Waals surface area contributed by atoms with E-state index in [9.17, 15) is 0 Å². The van der Waals surface area contributed by atoms with E-state index in [1.54, 1.807) is 0 Å². The molecular formula is C14H29N3. The molecule has 0 heterocycles. The standard InChI is InChI=1S/C14H29N3/c1-5-11-6-8-12(9-7-11)10-16-13(15)17-14(2,3)4/h11-12H,5-10H2,1-4H3,(H3,15,16,17). The maximum Gasteiger partial charge on any atom is 0.188 e. The van der Waals surface area contributed by atoms with Crippen molar-refractivity contribution in [3.8, 4) is 0 Å². The fourth-order valence-electron chi connectivity index (χ4n) is 2.47. The van der Waals surface area contributed by atoms with Crippen molar-refractivity contribution in [2.75, 3.05) is 6.54 Å². The Morgan fingerprint density at radius 2 is 1.71 bits per heavy atom. The smallest absolute Gasteiger partial charge is 0.188 e. The van der Waals surface area contributed by atoms with Crippen LogP contribution in [0.15, 0.2) is 4.99 Å². The van der Waals surface area contributed by atoms with Gasteiger partial charge in [0.25, 0.3) is 0 Å². The van der Waals surface area contributed by atoms with Crippen LogP contribution in [-0.4, -0.2) is 18.0 Å². The molecule has 0 amide bonds. The van der Waals surface area contributed by atoms with Gasteiger partial charge in [0.15, 0.2) is 5.96 Å². The summed E-state index contributed by atoms with van der Waals surface area (Å²) in [5.74, 6) is 2.30. The molecule has 1 aliphatic carbocycles. The molecule has 1 rings (SSSR count). The molecule has 0 spiro atoms. The normalized spacial score (nSPS) is 26.9. The van der Waals surface area contributed by atoms with Crippen LogP contribution in [-0.2, 0) is 0 Å². The number of hydrogen-bond donors (Lipinski definition) is 2. The van der Waals surface area contributed by atoms with Crippen molar-refractivity contribution in [3.05, 3.63) is 0 Å². The molecule has 1 fully saturated rings. The highest BCUT2D eigenvalue weighted by atomic mass is 15.1. The van der Waals surface area contributed by atoms with Crippen LogP contribution < -0.4 is 11.1 Å². The van der Waals surface area contributed by atoms with E-state index in [2.05, 4.69) is 38.0 Å². The van der Waals surface area contributed by atoms with Crippen LogP contribution in [0, 0.1) is 11.8 Å². The fraction of sp³-hybridized carbons (Fsp3) is 0.929. The monoisotopic (exact) mass is 239 g/mol. The lowest BCUT2D eigenvalue weighted by molar-refractivity contribution is 0.274. The third-order valence-corrected chi connectivity index (χ3v) is 3.57. The van der Waals surface area contributed by atoms with Crippen LogP contribution in [0.25, 0.3) is 0 Å². The van der Waals surface area contributed by atoms with Gasteiger partial charge in [-0.3, -0.25) is 4.99 Å². The van der Waals surface area contributed by atoms with Gasteiger partial charge in [0, 0.05) is 12.1 Å². The molecule has 1 saturated carbocycles. The Bertz CT molecular complexity index is 245. The first-order valence-corrected chi connectivity index (χ1v) is 6.99. The number of aliphatic imine (C=N–C) groups is 1. The fourth-order valence-corrected chi connectivity index (χ4v) is 2.47. The third kappa shape index (κ3) is 5.94. The molecule has 17 heavy (non-hydrogen) atoms. The van der Waals surface area contributed by atoms with Gasteiger partial charge in [0.05, 0.1) is 0 Å². The summed E-state index contributed by atoms with van der Waals surface area (Å²) in [5, 5.41) is 3.21. The van der Waals surface area contributed by atoms with Crippen LogP contribution in [0.4, 0.5) is 0 Å². The van der Waals surface area contributed by atoms with Gasteiger partial charge in [-0.1, -0.05) is 26.2 Å². The number of nitrogens with zero attached hydrogens (tertiary/aromatic N) is 1. The highest BCUT2D eigenvalue weighted by Crippen LogP contribution is 2.30. The predicted octanol–water partition coefficient (Wildman–Crippen LogP) is 2.91. The predicted molar refractivity (Wildman–Crippen MR) is 75.1 cm³/mol. The van der Waals surface area contributed by atoms with Crippen molar-refractivity contribution in [2.45, 2.75) is 65.3 Å². The maximum absolute atomic E-state index is 5.87. The van der Waals surface area contributed by atoms with E-state index in [1.807, 2.05) is 0 Å². The highest BCUT2D eigenvalue weighted by Gasteiger charge is 2.19. The summed E-state index contributed by atoms with van der Waals surface area (Å²) in [6.07, 6.45) is 6.74. The molecule has 3 heteroatoms. The molecular weight excluding hydrogens is 210 g/mol. The lowest BCUT2D eigenvalue weighted by Gasteiger charge is -2.27. The van der Waals surface area contributed by atoms with Crippen molar-refractivity contribution in [2.24, 2.45) is 22.6 Å².